The highest BCUT2D eigenvalue weighted by atomic mass is 16.5. The second kappa shape index (κ2) is 6.80. The van der Waals surface area contributed by atoms with Crippen LogP contribution in [0.15, 0.2) is 30.3 Å². The number of carbonyl (C=O) groups is 1. The topological polar surface area (TPSA) is 49.8 Å². The lowest BCUT2D eigenvalue weighted by Crippen LogP contribution is -2.52. The highest BCUT2D eigenvalue weighted by Gasteiger charge is 2.38. The molecule has 0 amide bonds. The van der Waals surface area contributed by atoms with E-state index in [2.05, 4.69) is 11.9 Å². The average Bonchev–Trinajstić information content (AvgIpc) is 2.50. The summed E-state index contributed by atoms with van der Waals surface area (Å²) in [6, 6.07) is 10.5. The molecule has 1 N–H and O–H groups in total. The van der Waals surface area contributed by atoms with Gasteiger partial charge in [-0.3, -0.25) is 4.79 Å². The van der Waals surface area contributed by atoms with Crippen molar-refractivity contribution in [3.8, 4) is 0 Å². The Labute approximate surface area is 132 Å². The first-order valence-electron chi connectivity index (χ1n) is 8.27. The number of benzene rings is 1. The molecule has 2 aliphatic rings. The third-order valence-electron chi connectivity index (χ3n) is 5.25. The van der Waals surface area contributed by atoms with Gasteiger partial charge in [0, 0.05) is 12.1 Å². The molecular formula is C18H25NO3. The van der Waals surface area contributed by atoms with Crippen LogP contribution < -0.4 is 0 Å². The van der Waals surface area contributed by atoms with Crippen LogP contribution in [0.4, 0.5) is 0 Å². The van der Waals surface area contributed by atoms with Crippen LogP contribution in [-0.2, 0) is 9.53 Å². The zero-order valence-electron chi connectivity index (χ0n) is 13.1. The lowest BCUT2D eigenvalue weighted by atomic mass is 9.83. The molecule has 4 atom stereocenters. The number of piperidine rings is 2. The predicted molar refractivity (Wildman–Crippen MR) is 84.6 cm³/mol. The van der Waals surface area contributed by atoms with Gasteiger partial charge in [-0.25, -0.2) is 0 Å². The van der Waals surface area contributed by atoms with E-state index in [1.807, 2.05) is 30.3 Å². The molecule has 0 aromatic heterocycles. The van der Waals surface area contributed by atoms with Gasteiger partial charge in [-0.2, -0.15) is 0 Å². The van der Waals surface area contributed by atoms with Crippen LogP contribution >= 0.6 is 0 Å². The second-order valence-electron chi connectivity index (χ2n) is 6.58. The van der Waals surface area contributed by atoms with Crippen LogP contribution in [0.3, 0.4) is 0 Å². The zero-order valence-corrected chi connectivity index (χ0v) is 13.1. The number of esters is 1. The summed E-state index contributed by atoms with van der Waals surface area (Å²) in [5, 5.41) is 9.57. The monoisotopic (exact) mass is 303 g/mol. The van der Waals surface area contributed by atoms with E-state index in [-0.39, 0.29) is 18.7 Å². The molecule has 2 heterocycles. The number of fused-ring (bicyclic) bond motifs is 2. The van der Waals surface area contributed by atoms with Crippen molar-refractivity contribution >= 4 is 5.97 Å². The smallest absolute Gasteiger partial charge is 0.316 e. The fourth-order valence-electron chi connectivity index (χ4n) is 3.91. The van der Waals surface area contributed by atoms with Gasteiger partial charge in [0.1, 0.15) is 12.0 Å². The fraction of sp³-hybridized carbons (Fsp3) is 0.611. The van der Waals surface area contributed by atoms with Gasteiger partial charge in [0.05, 0.1) is 6.61 Å². The number of hydrogen-bond donors (Lipinski definition) is 1. The standard InChI is InChI=1S/C18H25NO3/c1-19-14-8-5-9-15(19)11-16(10-14)22-18(21)17(12-20)13-6-3-2-4-7-13/h2-4,6-7,14-17,20H,5,8-12H2,1H3/t14-,15+,16?,17-/m1/s1. The van der Waals surface area contributed by atoms with Crippen molar-refractivity contribution in [2.24, 2.45) is 0 Å². The molecule has 2 aliphatic heterocycles. The quantitative estimate of drug-likeness (QED) is 0.867. The van der Waals surface area contributed by atoms with E-state index in [1.54, 1.807) is 0 Å². The third kappa shape index (κ3) is 3.18. The minimum atomic E-state index is -0.569. The molecule has 4 heteroatoms. The summed E-state index contributed by atoms with van der Waals surface area (Å²) in [4.78, 5) is 14.9. The number of hydrogen-bond acceptors (Lipinski definition) is 4. The first-order valence-corrected chi connectivity index (χ1v) is 8.27. The molecule has 2 bridgehead atoms. The van der Waals surface area contributed by atoms with E-state index in [1.165, 1.54) is 19.3 Å². The van der Waals surface area contributed by atoms with Gasteiger partial charge in [-0.1, -0.05) is 36.8 Å². The van der Waals surface area contributed by atoms with E-state index in [0.717, 1.165) is 18.4 Å². The first kappa shape index (κ1) is 15.5. The Morgan fingerprint density at radius 1 is 1.27 bits per heavy atom. The molecule has 0 saturated carbocycles. The van der Waals surface area contributed by atoms with E-state index in [9.17, 15) is 9.90 Å². The molecule has 2 fully saturated rings. The molecule has 1 aromatic rings. The summed E-state index contributed by atoms with van der Waals surface area (Å²) in [6.45, 7) is -0.206. The van der Waals surface area contributed by atoms with Crippen molar-refractivity contribution in [2.75, 3.05) is 13.7 Å². The summed E-state index contributed by atoms with van der Waals surface area (Å²) < 4.78 is 5.76. The number of ether oxygens (including phenoxy) is 1. The Morgan fingerprint density at radius 3 is 2.50 bits per heavy atom. The van der Waals surface area contributed by atoms with Gasteiger partial charge in [0.25, 0.3) is 0 Å². The van der Waals surface area contributed by atoms with Crippen LogP contribution in [0.5, 0.6) is 0 Å². The SMILES string of the molecule is CN1[C@@H]2CCC[C@H]1CC(OC(=O)[C@H](CO)c1ccccc1)C2. The summed E-state index contributed by atoms with van der Waals surface area (Å²) in [5.41, 5.74) is 0.822. The molecule has 3 rings (SSSR count). The van der Waals surface area contributed by atoms with Crippen molar-refractivity contribution < 1.29 is 14.6 Å². The third-order valence-corrected chi connectivity index (χ3v) is 5.25. The predicted octanol–water partition coefficient (Wildman–Crippen LogP) is 2.32. The maximum Gasteiger partial charge on any atom is 0.316 e. The minimum absolute atomic E-state index is 0.00300. The normalized spacial score (nSPS) is 29.8. The van der Waals surface area contributed by atoms with E-state index < -0.39 is 5.92 Å². The van der Waals surface area contributed by atoms with Crippen molar-refractivity contribution in [1.29, 1.82) is 0 Å². The van der Waals surface area contributed by atoms with Gasteiger partial charge in [-0.05, 0) is 38.3 Å². The molecule has 0 aliphatic carbocycles. The summed E-state index contributed by atoms with van der Waals surface area (Å²) in [7, 11) is 2.19. The number of nitrogens with zero attached hydrogens (tertiary/aromatic N) is 1. The van der Waals surface area contributed by atoms with Gasteiger partial charge in [0.2, 0.25) is 0 Å². The number of aliphatic hydroxyl groups is 1. The molecule has 0 radical (unpaired) electrons. The summed E-state index contributed by atoms with van der Waals surface area (Å²) in [5.74, 6) is -0.859. The molecular weight excluding hydrogens is 278 g/mol. The van der Waals surface area contributed by atoms with Crippen molar-refractivity contribution in [3.05, 3.63) is 35.9 Å². The molecule has 22 heavy (non-hydrogen) atoms. The van der Waals surface area contributed by atoms with Crippen LogP contribution in [0, 0.1) is 0 Å². The van der Waals surface area contributed by atoms with E-state index in [0.29, 0.717) is 12.1 Å². The Kier molecular flexibility index (Phi) is 4.79. The Morgan fingerprint density at radius 2 is 1.91 bits per heavy atom. The highest BCUT2D eigenvalue weighted by Crippen LogP contribution is 2.34. The van der Waals surface area contributed by atoms with Gasteiger partial charge in [0.15, 0.2) is 0 Å². The molecule has 2 saturated heterocycles. The Balaban J connectivity index is 1.64. The lowest BCUT2D eigenvalue weighted by molar-refractivity contribution is -0.157. The van der Waals surface area contributed by atoms with Gasteiger partial charge < -0.3 is 14.7 Å². The maximum absolute atomic E-state index is 12.4. The molecule has 0 spiro atoms. The zero-order chi connectivity index (χ0) is 15.5. The number of carbonyl (C=O) groups excluding carboxylic acids is 1. The largest absolute Gasteiger partial charge is 0.462 e. The van der Waals surface area contributed by atoms with Crippen molar-refractivity contribution in [3.63, 3.8) is 0 Å². The molecule has 4 nitrogen and oxygen atoms in total. The number of rotatable bonds is 4. The minimum Gasteiger partial charge on any atom is -0.462 e. The van der Waals surface area contributed by atoms with E-state index >= 15 is 0 Å². The molecule has 1 aromatic carbocycles. The van der Waals surface area contributed by atoms with E-state index in [4.69, 9.17) is 4.74 Å². The molecule has 120 valence electrons. The van der Waals surface area contributed by atoms with Crippen molar-refractivity contribution in [2.45, 2.75) is 56.2 Å². The fourth-order valence-corrected chi connectivity index (χ4v) is 3.91. The first-order chi connectivity index (χ1) is 10.7. The lowest BCUT2D eigenvalue weighted by Gasteiger charge is -2.46. The molecule has 1 unspecified atom stereocenters. The second-order valence-corrected chi connectivity index (χ2v) is 6.58. The van der Waals surface area contributed by atoms with Crippen LogP contribution in [0.1, 0.15) is 43.6 Å². The van der Waals surface area contributed by atoms with Crippen LogP contribution in [0.2, 0.25) is 0 Å². The van der Waals surface area contributed by atoms with Crippen LogP contribution in [-0.4, -0.2) is 47.8 Å². The summed E-state index contributed by atoms with van der Waals surface area (Å²) >= 11 is 0. The highest BCUT2D eigenvalue weighted by molar-refractivity contribution is 5.78. The van der Waals surface area contributed by atoms with Crippen LogP contribution in [0.25, 0.3) is 0 Å². The Bertz CT molecular complexity index is 490. The average molecular weight is 303 g/mol. The van der Waals surface area contributed by atoms with Gasteiger partial charge >= 0.3 is 5.97 Å². The van der Waals surface area contributed by atoms with Gasteiger partial charge in [-0.15, -0.1) is 0 Å². The maximum atomic E-state index is 12.4. The number of aliphatic hydroxyl groups excluding tert-OH is 1. The van der Waals surface area contributed by atoms with Crippen molar-refractivity contribution in [1.82, 2.24) is 4.90 Å². The Hall–Kier alpha value is -1.39. The summed E-state index contributed by atoms with van der Waals surface area (Å²) in [6.07, 6.45) is 5.52.